The van der Waals surface area contributed by atoms with Crippen LogP contribution in [0.4, 0.5) is 8.78 Å². The molecule has 0 spiro atoms. The van der Waals surface area contributed by atoms with Crippen molar-refractivity contribution in [2.24, 2.45) is 11.8 Å². The first kappa shape index (κ1) is 8.91. The van der Waals surface area contributed by atoms with Gasteiger partial charge in [0.05, 0.1) is 6.61 Å². The molecule has 1 fully saturated rings. The van der Waals surface area contributed by atoms with Gasteiger partial charge < -0.3 is 4.74 Å². The fraction of sp³-hybridized carbons (Fsp3) is 1.00. The number of alkyl halides is 2. The topological polar surface area (TPSA) is 9.23 Å². The molecule has 0 aliphatic carbocycles. The van der Waals surface area contributed by atoms with Gasteiger partial charge in [0.1, 0.15) is 6.61 Å². The molecule has 1 heterocycles. The minimum absolute atomic E-state index is 0.00926. The predicted octanol–water partition coefficient (Wildman–Crippen LogP) is 2.31. The van der Waals surface area contributed by atoms with E-state index in [4.69, 9.17) is 4.74 Å². The van der Waals surface area contributed by atoms with Gasteiger partial charge in [0, 0.05) is 6.42 Å². The zero-order valence-corrected chi connectivity index (χ0v) is 6.94. The van der Waals surface area contributed by atoms with Crippen LogP contribution in [0, 0.1) is 11.8 Å². The first-order valence-electron chi connectivity index (χ1n) is 3.97. The van der Waals surface area contributed by atoms with Gasteiger partial charge in [-0.3, -0.25) is 0 Å². The second-order valence-electron chi connectivity index (χ2n) is 3.58. The van der Waals surface area contributed by atoms with Crippen molar-refractivity contribution < 1.29 is 13.5 Å². The van der Waals surface area contributed by atoms with Crippen LogP contribution in [-0.2, 0) is 4.74 Å². The molecule has 0 amide bonds. The van der Waals surface area contributed by atoms with Gasteiger partial charge in [0.2, 0.25) is 0 Å². The van der Waals surface area contributed by atoms with Crippen molar-refractivity contribution in [3.63, 3.8) is 0 Å². The van der Waals surface area contributed by atoms with Gasteiger partial charge in [0.25, 0.3) is 5.92 Å². The highest BCUT2D eigenvalue weighted by atomic mass is 19.3. The van der Waals surface area contributed by atoms with Gasteiger partial charge >= 0.3 is 0 Å². The van der Waals surface area contributed by atoms with E-state index in [9.17, 15) is 8.78 Å². The van der Waals surface area contributed by atoms with Crippen molar-refractivity contribution in [3.05, 3.63) is 0 Å². The SMILES string of the molecule is CC(C)[C@H]1COCC(F)(F)C1. The largest absolute Gasteiger partial charge is 0.375 e. The molecule has 0 aromatic carbocycles. The van der Waals surface area contributed by atoms with Crippen LogP contribution < -0.4 is 0 Å². The average Bonchev–Trinajstić information content (AvgIpc) is 1.85. The third-order valence-corrected chi connectivity index (χ3v) is 2.15. The van der Waals surface area contributed by atoms with E-state index in [1.807, 2.05) is 13.8 Å². The van der Waals surface area contributed by atoms with Crippen LogP contribution in [0.1, 0.15) is 20.3 Å². The summed E-state index contributed by atoms with van der Waals surface area (Å²) in [7, 11) is 0. The maximum Gasteiger partial charge on any atom is 0.271 e. The second-order valence-corrected chi connectivity index (χ2v) is 3.58. The molecule has 0 unspecified atom stereocenters. The summed E-state index contributed by atoms with van der Waals surface area (Å²) in [5.41, 5.74) is 0. The lowest BCUT2D eigenvalue weighted by atomic mass is 9.89. The molecular formula is C8H14F2O. The zero-order valence-electron chi connectivity index (χ0n) is 6.94. The van der Waals surface area contributed by atoms with Crippen molar-refractivity contribution in [1.29, 1.82) is 0 Å². The van der Waals surface area contributed by atoms with Crippen LogP contribution in [0.5, 0.6) is 0 Å². The Labute approximate surface area is 65.7 Å². The molecule has 0 saturated carbocycles. The Balaban J connectivity index is 2.46. The highest BCUT2D eigenvalue weighted by Gasteiger charge is 2.38. The van der Waals surface area contributed by atoms with E-state index >= 15 is 0 Å². The van der Waals surface area contributed by atoms with E-state index in [0.29, 0.717) is 12.5 Å². The van der Waals surface area contributed by atoms with E-state index in [1.54, 1.807) is 0 Å². The molecule has 1 aliphatic heterocycles. The molecule has 66 valence electrons. The maximum atomic E-state index is 12.7. The zero-order chi connectivity index (χ0) is 8.48. The molecule has 0 aromatic heterocycles. The molecule has 0 radical (unpaired) electrons. The Kier molecular flexibility index (Phi) is 2.47. The third kappa shape index (κ3) is 2.40. The predicted molar refractivity (Wildman–Crippen MR) is 38.7 cm³/mol. The molecule has 11 heavy (non-hydrogen) atoms. The van der Waals surface area contributed by atoms with Crippen molar-refractivity contribution >= 4 is 0 Å². The molecule has 0 N–H and O–H groups in total. The normalized spacial score (nSPS) is 30.8. The van der Waals surface area contributed by atoms with Gasteiger partial charge in [-0.1, -0.05) is 13.8 Å². The number of ether oxygens (including phenoxy) is 1. The summed E-state index contributed by atoms with van der Waals surface area (Å²) in [6.45, 7) is 4.01. The van der Waals surface area contributed by atoms with Crippen molar-refractivity contribution in [2.45, 2.75) is 26.2 Å². The summed E-state index contributed by atoms with van der Waals surface area (Å²) in [6, 6.07) is 0. The fourth-order valence-corrected chi connectivity index (χ4v) is 1.29. The van der Waals surface area contributed by atoms with Crippen LogP contribution >= 0.6 is 0 Å². The molecule has 1 nitrogen and oxygen atoms in total. The number of halogens is 2. The fourth-order valence-electron chi connectivity index (χ4n) is 1.29. The second kappa shape index (κ2) is 3.05. The van der Waals surface area contributed by atoms with E-state index in [0.717, 1.165) is 0 Å². The molecule has 1 aliphatic rings. The van der Waals surface area contributed by atoms with Crippen molar-refractivity contribution in [2.75, 3.05) is 13.2 Å². The van der Waals surface area contributed by atoms with Gasteiger partial charge in [0.15, 0.2) is 0 Å². The van der Waals surface area contributed by atoms with Crippen molar-refractivity contribution in [3.8, 4) is 0 Å². The van der Waals surface area contributed by atoms with Crippen LogP contribution in [0.2, 0.25) is 0 Å². The summed E-state index contributed by atoms with van der Waals surface area (Å²) < 4.78 is 30.2. The van der Waals surface area contributed by atoms with Crippen molar-refractivity contribution in [1.82, 2.24) is 0 Å². The summed E-state index contributed by atoms with van der Waals surface area (Å²) in [4.78, 5) is 0. The number of hydrogen-bond donors (Lipinski definition) is 0. The van der Waals surface area contributed by atoms with E-state index in [-0.39, 0.29) is 12.3 Å². The molecule has 3 heteroatoms. The van der Waals surface area contributed by atoms with Gasteiger partial charge in [-0.25, -0.2) is 8.78 Å². The van der Waals surface area contributed by atoms with E-state index in [2.05, 4.69) is 0 Å². The Morgan fingerprint density at radius 3 is 2.45 bits per heavy atom. The van der Waals surface area contributed by atoms with E-state index < -0.39 is 12.5 Å². The van der Waals surface area contributed by atoms with Crippen LogP contribution in [-0.4, -0.2) is 19.1 Å². The third-order valence-electron chi connectivity index (χ3n) is 2.15. The Morgan fingerprint density at radius 1 is 1.45 bits per heavy atom. The molecule has 1 saturated heterocycles. The quantitative estimate of drug-likeness (QED) is 0.578. The van der Waals surface area contributed by atoms with Gasteiger partial charge in [-0.2, -0.15) is 0 Å². The summed E-state index contributed by atoms with van der Waals surface area (Å²) in [5.74, 6) is -2.27. The van der Waals surface area contributed by atoms with Crippen LogP contribution in [0.15, 0.2) is 0 Å². The average molecular weight is 164 g/mol. The maximum absolute atomic E-state index is 12.7. The molecule has 0 aromatic rings. The Morgan fingerprint density at radius 2 is 2.09 bits per heavy atom. The highest BCUT2D eigenvalue weighted by molar-refractivity contribution is 4.77. The smallest absolute Gasteiger partial charge is 0.271 e. The number of rotatable bonds is 1. The standard InChI is InChI=1S/C8H14F2O/c1-6(2)7-3-8(9,10)5-11-4-7/h6-7H,3-5H2,1-2H3/t7-/m1/s1. The minimum atomic E-state index is -2.59. The molecule has 0 bridgehead atoms. The summed E-state index contributed by atoms with van der Waals surface area (Å²) in [5, 5.41) is 0. The first-order chi connectivity index (χ1) is 5.01. The van der Waals surface area contributed by atoms with Crippen LogP contribution in [0.25, 0.3) is 0 Å². The summed E-state index contributed by atoms with van der Waals surface area (Å²) >= 11 is 0. The lowest BCUT2D eigenvalue weighted by molar-refractivity contribution is -0.142. The first-order valence-corrected chi connectivity index (χ1v) is 3.97. The summed E-state index contributed by atoms with van der Waals surface area (Å²) in [6.07, 6.45) is -0.00926. The Hall–Kier alpha value is -0.180. The molecule has 1 atom stereocenters. The lowest BCUT2D eigenvalue weighted by Crippen LogP contribution is -2.37. The lowest BCUT2D eigenvalue weighted by Gasteiger charge is -2.31. The molecule has 1 rings (SSSR count). The number of hydrogen-bond acceptors (Lipinski definition) is 1. The van der Waals surface area contributed by atoms with Gasteiger partial charge in [-0.05, 0) is 11.8 Å². The minimum Gasteiger partial charge on any atom is -0.375 e. The Bertz CT molecular complexity index is 134. The van der Waals surface area contributed by atoms with Crippen LogP contribution in [0.3, 0.4) is 0 Å². The highest BCUT2D eigenvalue weighted by Crippen LogP contribution is 2.32. The molecular weight excluding hydrogens is 150 g/mol. The van der Waals surface area contributed by atoms with E-state index in [1.165, 1.54) is 0 Å². The van der Waals surface area contributed by atoms with Gasteiger partial charge in [-0.15, -0.1) is 0 Å². The monoisotopic (exact) mass is 164 g/mol.